The van der Waals surface area contributed by atoms with E-state index in [1.54, 1.807) is 28.1 Å². The Morgan fingerprint density at radius 1 is 0.453 bits per heavy atom. The van der Waals surface area contributed by atoms with Crippen molar-refractivity contribution >= 4 is 37.1 Å². The number of nitrogens with one attached hydrogen (secondary N) is 5. The summed E-state index contributed by atoms with van der Waals surface area (Å²) in [4.78, 5) is 74.5. The summed E-state index contributed by atoms with van der Waals surface area (Å²) in [6.45, 7) is 8.87. The van der Waals surface area contributed by atoms with E-state index >= 15 is 0 Å². The van der Waals surface area contributed by atoms with Crippen molar-refractivity contribution in [1.82, 2.24) is 26.6 Å². The Bertz CT molecular complexity index is 1260. The zero-order valence-corrected chi connectivity index (χ0v) is 39.6. The van der Waals surface area contributed by atoms with Crippen LogP contribution in [0.15, 0.2) is 0 Å². The highest BCUT2D eigenvalue weighted by Gasteiger charge is 2.26. The van der Waals surface area contributed by atoms with Crippen LogP contribution in [0.2, 0.25) is 0 Å². The first kappa shape index (κ1) is 61.1. The summed E-state index contributed by atoms with van der Waals surface area (Å²) in [5.74, 6) is -2.43. The molecular formula is C40H78N5O18P. The van der Waals surface area contributed by atoms with E-state index in [1.807, 2.05) is 0 Å². The molecule has 0 aromatic heterocycles. The lowest BCUT2D eigenvalue weighted by Gasteiger charge is -2.21. The molecule has 0 fully saturated rings. The van der Waals surface area contributed by atoms with E-state index in [0.29, 0.717) is 66.1 Å². The predicted molar refractivity (Wildman–Crippen MR) is 233 cm³/mol. The molecule has 5 amide bonds. The monoisotopic (exact) mass is 948 g/mol. The fourth-order valence-corrected chi connectivity index (χ4v) is 5.54. The molecule has 0 saturated carbocycles. The van der Waals surface area contributed by atoms with Gasteiger partial charge in [0.1, 0.15) is 12.1 Å². The molecular weight excluding hydrogens is 869 g/mol. The van der Waals surface area contributed by atoms with Crippen LogP contribution in [-0.4, -0.2) is 212 Å². The molecule has 376 valence electrons. The lowest BCUT2D eigenvalue weighted by Crippen LogP contribution is -2.50. The SMILES string of the molecule is COCCCOCCNC(=O)CCC(NC(=O)CCC(NC(=O)CCOCCOCCOCCOCCOP(=O)(O)C(C)C)C(=O)NCCOCCOC)C(=O)NCCOCCOC. The van der Waals surface area contributed by atoms with Gasteiger partial charge in [-0.1, -0.05) is 13.8 Å². The lowest BCUT2D eigenvalue weighted by atomic mass is 10.1. The summed E-state index contributed by atoms with van der Waals surface area (Å²) < 4.78 is 69.5. The predicted octanol–water partition coefficient (Wildman–Crippen LogP) is -0.689. The number of amides is 5. The molecule has 0 heterocycles. The number of hydrogen-bond donors (Lipinski definition) is 6. The smallest absolute Gasteiger partial charge is 0.330 e. The Morgan fingerprint density at radius 2 is 0.828 bits per heavy atom. The van der Waals surface area contributed by atoms with E-state index in [9.17, 15) is 33.4 Å². The average Bonchev–Trinajstić information content (AvgIpc) is 3.26. The number of methoxy groups -OCH3 is 3. The first-order chi connectivity index (χ1) is 30.9. The van der Waals surface area contributed by atoms with Gasteiger partial charge in [-0.05, 0) is 19.3 Å². The fraction of sp³-hybridized carbons (Fsp3) is 0.875. The quantitative estimate of drug-likeness (QED) is 0.0325. The summed E-state index contributed by atoms with van der Waals surface area (Å²) in [7, 11) is 1.07. The Morgan fingerprint density at radius 3 is 1.30 bits per heavy atom. The van der Waals surface area contributed by atoms with Crippen molar-refractivity contribution in [2.24, 2.45) is 0 Å². The van der Waals surface area contributed by atoms with Crippen molar-refractivity contribution in [3.8, 4) is 0 Å². The summed E-state index contributed by atoms with van der Waals surface area (Å²) in [6, 6.07) is -2.16. The summed E-state index contributed by atoms with van der Waals surface area (Å²) >= 11 is 0. The van der Waals surface area contributed by atoms with Gasteiger partial charge < -0.3 is 83.4 Å². The van der Waals surface area contributed by atoms with Crippen molar-refractivity contribution in [1.29, 1.82) is 0 Å². The zero-order valence-electron chi connectivity index (χ0n) is 38.7. The maximum Gasteiger partial charge on any atom is 0.330 e. The third-order valence-electron chi connectivity index (χ3n) is 8.53. The molecule has 0 aliphatic carbocycles. The standard InChI is InChI=1S/C40H78N5O18P/c1-33(2)64(51,52)63-32-31-62-30-29-61-28-27-60-26-25-57-17-11-38(48)45-35(40(50)43-14-20-59-24-22-55-5)8-10-37(47)44-34(39(49)42-13-19-58-23-21-54-4)7-9-36(46)41-12-18-56-16-6-15-53-3/h33-35H,6-32H2,1-5H3,(H,41,46)(H,42,49)(H,43,50)(H,44,47)(H,45,48)(H,51,52). The first-order valence-electron chi connectivity index (χ1n) is 21.8. The number of rotatable bonds is 46. The highest BCUT2D eigenvalue weighted by molar-refractivity contribution is 7.53. The van der Waals surface area contributed by atoms with Gasteiger partial charge in [0, 0.05) is 73.4 Å². The van der Waals surface area contributed by atoms with Gasteiger partial charge in [0.25, 0.3) is 0 Å². The molecule has 64 heavy (non-hydrogen) atoms. The second-order valence-corrected chi connectivity index (χ2v) is 16.5. The van der Waals surface area contributed by atoms with Gasteiger partial charge in [0.05, 0.1) is 111 Å². The Hall–Kier alpha value is -2.90. The molecule has 0 saturated heterocycles. The fourth-order valence-electron chi connectivity index (χ4n) is 4.91. The Balaban J connectivity index is 4.94. The Labute approximate surface area is 378 Å². The molecule has 24 heteroatoms. The van der Waals surface area contributed by atoms with E-state index in [2.05, 4.69) is 26.6 Å². The minimum absolute atomic E-state index is 0.00379. The second-order valence-electron chi connectivity index (χ2n) is 14.1. The van der Waals surface area contributed by atoms with Crippen LogP contribution in [0.5, 0.6) is 0 Å². The summed E-state index contributed by atoms with van der Waals surface area (Å²) in [6.07, 6.45) is 0.265. The molecule has 6 N–H and O–H groups in total. The topological polar surface area (TPSA) is 284 Å². The van der Waals surface area contributed by atoms with Crippen molar-refractivity contribution < 1.29 is 85.3 Å². The van der Waals surface area contributed by atoms with E-state index < -0.39 is 49.0 Å². The molecule has 0 bridgehead atoms. The highest BCUT2D eigenvalue weighted by atomic mass is 31.2. The number of carbonyl (C=O) groups is 5. The van der Waals surface area contributed by atoms with Gasteiger partial charge in [-0.25, -0.2) is 0 Å². The number of hydrogen-bond acceptors (Lipinski definition) is 17. The van der Waals surface area contributed by atoms with Gasteiger partial charge in [-0.2, -0.15) is 0 Å². The first-order valence-corrected chi connectivity index (χ1v) is 23.4. The van der Waals surface area contributed by atoms with Crippen LogP contribution in [0.4, 0.5) is 0 Å². The van der Waals surface area contributed by atoms with Crippen LogP contribution < -0.4 is 26.6 Å². The molecule has 0 aromatic rings. The van der Waals surface area contributed by atoms with Crippen LogP contribution in [0.3, 0.4) is 0 Å². The van der Waals surface area contributed by atoms with Crippen LogP contribution in [0.25, 0.3) is 0 Å². The summed E-state index contributed by atoms with van der Waals surface area (Å²) in [5, 5.41) is 13.5. The van der Waals surface area contributed by atoms with Crippen molar-refractivity contribution in [2.45, 2.75) is 70.1 Å². The molecule has 0 radical (unpaired) electrons. The second kappa shape index (κ2) is 42.7. The van der Waals surface area contributed by atoms with Gasteiger partial charge in [-0.3, -0.25) is 28.5 Å². The normalized spacial score (nSPS) is 13.2. The van der Waals surface area contributed by atoms with Gasteiger partial charge >= 0.3 is 7.60 Å². The van der Waals surface area contributed by atoms with Gasteiger partial charge in [-0.15, -0.1) is 0 Å². The van der Waals surface area contributed by atoms with Gasteiger partial charge in [0.2, 0.25) is 29.5 Å². The average molecular weight is 948 g/mol. The molecule has 0 aromatic carbocycles. The van der Waals surface area contributed by atoms with Crippen LogP contribution in [0, 0.1) is 0 Å². The molecule has 23 nitrogen and oxygen atoms in total. The Kier molecular flexibility index (Phi) is 40.8. The number of ether oxygens (including phenoxy) is 10. The van der Waals surface area contributed by atoms with Crippen molar-refractivity contribution in [3.63, 3.8) is 0 Å². The largest absolute Gasteiger partial charge is 0.385 e. The maximum absolute atomic E-state index is 13.2. The minimum Gasteiger partial charge on any atom is -0.385 e. The van der Waals surface area contributed by atoms with Crippen LogP contribution in [-0.2, 0) is 80.4 Å². The van der Waals surface area contributed by atoms with Crippen molar-refractivity contribution in [3.05, 3.63) is 0 Å². The molecule has 0 spiro atoms. The zero-order chi connectivity index (χ0) is 47.5. The van der Waals surface area contributed by atoms with Crippen LogP contribution in [0.1, 0.15) is 52.4 Å². The van der Waals surface area contributed by atoms with E-state index in [0.717, 1.165) is 6.42 Å². The van der Waals surface area contributed by atoms with Gasteiger partial charge in [0.15, 0.2) is 0 Å². The molecule has 3 atom stereocenters. The highest BCUT2D eigenvalue weighted by Crippen LogP contribution is 2.46. The van der Waals surface area contributed by atoms with Crippen LogP contribution >= 0.6 is 7.60 Å². The van der Waals surface area contributed by atoms with E-state index in [-0.39, 0.29) is 111 Å². The molecule has 0 aliphatic heterocycles. The summed E-state index contributed by atoms with van der Waals surface area (Å²) in [5.41, 5.74) is -0.484. The van der Waals surface area contributed by atoms with E-state index in [1.165, 1.54) is 7.11 Å². The van der Waals surface area contributed by atoms with Crippen molar-refractivity contribution in [2.75, 3.05) is 160 Å². The molecule has 3 unspecified atom stereocenters. The molecule has 0 aliphatic rings. The van der Waals surface area contributed by atoms with E-state index in [4.69, 9.17) is 51.9 Å². The lowest BCUT2D eigenvalue weighted by molar-refractivity contribution is -0.131. The number of carbonyl (C=O) groups excluding carboxylic acids is 5. The minimum atomic E-state index is -3.61. The molecule has 0 rings (SSSR count). The third-order valence-corrected chi connectivity index (χ3v) is 10.4. The maximum atomic E-state index is 13.2. The third kappa shape index (κ3) is 37.3.